The van der Waals surface area contributed by atoms with Gasteiger partial charge in [0.15, 0.2) is 9.84 Å². The van der Waals surface area contributed by atoms with E-state index in [1.54, 1.807) is 4.90 Å². The first-order chi connectivity index (χ1) is 13.7. The van der Waals surface area contributed by atoms with Crippen LogP contribution in [-0.2, 0) is 19.4 Å². The monoisotopic (exact) mass is 450 g/mol. The Hall–Kier alpha value is -1.71. The number of carbonyl (C=O) groups excluding carboxylic acids is 2. The molecule has 29 heavy (non-hydrogen) atoms. The number of para-hydroxylation sites is 1. The Morgan fingerprint density at radius 1 is 1.21 bits per heavy atom. The Labute approximate surface area is 180 Å². The largest absolute Gasteiger partial charge is 0.308 e. The molecule has 4 rings (SSSR count). The van der Waals surface area contributed by atoms with Gasteiger partial charge in [0.05, 0.1) is 33.7 Å². The highest BCUT2D eigenvalue weighted by Crippen LogP contribution is 2.45. The van der Waals surface area contributed by atoms with Crippen molar-refractivity contribution in [2.75, 3.05) is 23.0 Å². The molecular weight excluding hydrogens is 428 g/mol. The molecule has 6 nitrogen and oxygen atoms in total. The minimum absolute atomic E-state index is 0.0609. The number of sulfone groups is 1. The number of hydrogen-bond donors (Lipinski definition) is 0. The van der Waals surface area contributed by atoms with E-state index in [-0.39, 0.29) is 23.3 Å². The zero-order valence-corrected chi connectivity index (χ0v) is 18.7. The number of rotatable bonds is 4. The molecule has 0 unspecified atom stereocenters. The summed E-state index contributed by atoms with van der Waals surface area (Å²) in [4.78, 5) is 30.0. The van der Waals surface area contributed by atoms with Gasteiger partial charge in [-0.05, 0) is 24.8 Å². The average Bonchev–Trinajstić information content (AvgIpc) is 3.24. The van der Waals surface area contributed by atoms with Crippen molar-refractivity contribution in [2.45, 2.75) is 32.7 Å². The fraction of sp³-hybridized carbons (Fsp3) is 0.450. The molecule has 0 aromatic heterocycles. The maximum atomic E-state index is 13.3. The molecule has 1 aromatic rings. The number of thiocarbonyl (C=S) groups is 1. The van der Waals surface area contributed by atoms with Crippen LogP contribution in [0.1, 0.15) is 32.3 Å². The van der Waals surface area contributed by atoms with Crippen LogP contribution in [0.4, 0.5) is 5.69 Å². The first kappa shape index (κ1) is 20.6. The van der Waals surface area contributed by atoms with Crippen LogP contribution < -0.4 is 4.90 Å². The zero-order chi connectivity index (χ0) is 20.9. The van der Waals surface area contributed by atoms with Gasteiger partial charge in [-0.3, -0.25) is 14.5 Å². The smallest absolute Gasteiger partial charge is 0.267 e. The van der Waals surface area contributed by atoms with E-state index >= 15 is 0 Å². The Bertz CT molecular complexity index is 1050. The van der Waals surface area contributed by atoms with Gasteiger partial charge in [-0.15, -0.1) is 0 Å². The third-order valence-electron chi connectivity index (χ3n) is 5.45. The Morgan fingerprint density at radius 2 is 1.93 bits per heavy atom. The number of anilines is 1. The molecule has 0 aliphatic carbocycles. The predicted octanol–water partition coefficient (Wildman–Crippen LogP) is 2.84. The van der Waals surface area contributed by atoms with Crippen LogP contribution in [0, 0.1) is 5.92 Å². The highest BCUT2D eigenvalue weighted by Gasteiger charge is 2.46. The molecule has 9 heteroatoms. The summed E-state index contributed by atoms with van der Waals surface area (Å²) in [5.74, 6) is -0.114. The topological polar surface area (TPSA) is 74.8 Å². The second-order valence-corrected chi connectivity index (χ2v) is 11.8. The normalized spacial score (nSPS) is 26.2. The number of amides is 2. The SMILES string of the molecule is CC(C)CCN1C(=O)/C(=C2\SC(=S)N([C@H]3CCS(=O)(=O)C3)C2=O)c2ccccc21. The van der Waals surface area contributed by atoms with Crippen LogP contribution in [0.15, 0.2) is 29.2 Å². The molecule has 0 spiro atoms. The predicted molar refractivity (Wildman–Crippen MR) is 119 cm³/mol. The van der Waals surface area contributed by atoms with Gasteiger partial charge in [-0.2, -0.15) is 0 Å². The van der Waals surface area contributed by atoms with Crippen molar-refractivity contribution in [3.8, 4) is 0 Å². The van der Waals surface area contributed by atoms with Gasteiger partial charge in [0.25, 0.3) is 11.8 Å². The summed E-state index contributed by atoms with van der Waals surface area (Å²) in [6, 6.07) is 7.03. The van der Waals surface area contributed by atoms with E-state index in [9.17, 15) is 18.0 Å². The number of thioether (sulfide) groups is 1. The van der Waals surface area contributed by atoms with Crippen molar-refractivity contribution >= 4 is 61.2 Å². The molecular formula is C20H22N2O4S3. The van der Waals surface area contributed by atoms with Crippen molar-refractivity contribution in [2.24, 2.45) is 5.92 Å². The summed E-state index contributed by atoms with van der Waals surface area (Å²) < 4.78 is 24.1. The molecule has 154 valence electrons. The van der Waals surface area contributed by atoms with Crippen LogP contribution in [0.25, 0.3) is 5.57 Å². The Morgan fingerprint density at radius 3 is 2.59 bits per heavy atom. The molecule has 0 bridgehead atoms. The van der Waals surface area contributed by atoms with Gasteiger partial charge in [-0.1, -0.05) is 56.0 Å². The van der Waals surface area contributed by atoms with Gasteiger partial charge in [0.1, 0.15) is 4.32 Å². The van der Waals surface area contributed by atoms with Crippen molar-refractivity contribution in [1.29, 1.82) is 0 Å². The van der Waals surface area contributed by atoms with Crippen molar-refractivity contribution in [1.82, 2.24) is 4.90 Å². The van der Waals surface area contributed by atoms with Gasteiger partial charge >= 0.3 is 0 Å². The molecule has 1 atom stereocenters. The van der Waals surface area contributed by atoms with E-state index in [1.165, 1.54) is 4.90 Å². The van der Waals surface area contributed by atoms with E-state index in [4.69, 9.17) is 12.2 Å². The van der Waals surface area contributed by atoms with E-state index in [0.29, 0.717) is 33.7 Å². The zero-order valence-electron chi connectivity index (χ0n) is 16.3. The van der Waals surface area contributed by atoms with Crippen LogP contribution in [0.2, 0.25) is 0 Å². The van der Waals surface area contributed by atoms with Crippen LogP contribution >= 0.6 is 24.0 Å². The molecule has 3 aliphatic heterocycles. The quantitative estimate of drug-likeness (QED) is 0.519. The molecule has 2 fully saturated rings. The third kappa shape index (κ3) is 3.64. The molecule has 3 aliphatic rings. The molecule has 0 N–H and O–H groups in total. The summed E-state index contributed by atoms with van der Waals surface area (Å²) in [5, 5.41) is 0. The second-order valence-electron chi connectivity index (χ2n) is 7.96. The standard InChI is InChI=1S/C20H22N2O4S3/c1-12(2)7-9-21-15-6-4-3-5-14(15)16(18(21)23)17-19(24)22(20(27)28-17)13-8-10-29(25,26)11-13/h3-6,12-13H,7-11H2,1-2H3/b17-16-/t13-/m0/s1. The van der Waals surface area contributed by atoms with E-state index in [0.717, 1.165) is 29.4 Å². The lowest BCUT2D eigenvalue weighted by Crippen LogP contribution is -2.39. The maximum Gasteiger partial charge on any atom is 0.267 e. The lowest BCUT2D eigenvalue weighted by atomic mass is 10.1. The van der Waals surface area contributed by atoms with E-state index < -0.39 is 15.9 Å². The molecule has 2 saturated heterocycles. The molecule has 0 saturated carbocycles. The highest BCUT2D eigenvalue weighted by atomic mass is 32.2. The molecule has 0 radical (unpaired) electrons. The van der Waals surface area contributed by atoms with Crippen molar-refractivity contribution in [3.05, 3.63) is 34.7 Å². The van der Waals surface area contributed by atoms with Gasteiger partial charge < -0.3 is 4.90 Å². The third-order valence-corrected chi connectivity index (χ3v) is 8.60. The minimum Gasteiger partial charge on any atom is -0.308 e. The van der Waals surface area contributed by atoms with Crippen molar-refractivity contribution < 1.29 is 18.0 Å². The number of hydrogen-bond acceptors (Lipinski definition) is 6. The first-order valence-corrected chi connectivity index (χ1v) is 12.7. The summed E-state index contributed by atoms with van der Waals surface area (Å²) in [6.45, 7) is 4.79. The fourth-order valence-corrected chi connectivity index (χ4v) is 7.10. The van der Waals surface area contributed by atoms with Gasteiger partial charge in [-0.25, -0.2) is 8.42 Å². The Kier molecular flexibility index (Phi) is 5.33. The number of fused-ring (bicyclic) bond motifs is 1. The summed E-state index contributed by atoms with van der Waals surface area (Å²) in [5.41, 5.74) is 1.92. The van der Waals surface area contributed by atoms with Crippen LogP contribution in [-0.4, -0.2) is 53.5 Å². The summed E-state index contributed by atoms with van der Waals surface area (Å²) in [7, 11) is -3.15. The summed E-state index contributed by atoms with van der Waals surface area (Å²) >= 11 is 6.51. The lowest BCUT2D eigenvalue weighted by Gasteiger charge is -2.21. The fourth-order valence-electron chi connectivity index (χ4n) is 3.93. The maximum absolute atomic E-state index is 13.3. The van der Waals surface area contributed by atoms with Gasteiger partial charge in [0.2, 0.25) is 0 Å². The first-order valence-electron chi connectivity index (χ1n) is 9.61. The number of carbonyl (C=O) groups is 2. The van der Waals surface area contributed by atoms with Gasteiger partial charge in [0, 0.05) is 12.1 Å². The number of benzene rings is 1. The van der Waals surface area contributed by atoms with Crippen LogP contribution in [0.3, 0.4) is 0 Å². The van der Waals surface area contributed by atoms with Crippen molar-refractivity contribution in [3.63, 3.8) is 0 Å². The molecule has 1 aromatic carbocycles. The Balaban J connectivity index is 1.72. The lowest BCUT2D eigenvalue weighted by molar-refractivity contribution is -0.123. The minimum atomic E-state index is -3.15. The molecule has 2 amide bonds. The van der Waals surface area contributed by atoms with Crippen LogP contribution in [0.5, 0.6) is 0 Å². The van der Waals surface area contributed by atoms with E-state index in [2.05, 4.69) is 13.8 Å². The number of nitrogens with zero attached hydrogens (tertiary/aromatic N) is 2. The van der Waals surface area contributed by atoms with E-state index in [1.807, 2.05) is 24.3 Å². The molecule has 3 heterocycles. The summed E-state index contributed by atoms with van der Waals surface area (Å²) in [6.07, 6.45) is 1.23. The second kappa shape index (κ2) is 7.52. The average molecular weight is 451 g/mol. The highest BCUT2D eigenvalue weighted by molar-refractivity contribution is 8.26.